The third kappa shape index (κ3) is 56.3. The van der Waals surface area contributed by atoms with Gasteiger partial charge in [-0.25, -0.2) is 44.9 Å². The van der Waals surface area contributed by atoms with Crippen LogP contribution in [0.3, 0.4) is 0 Å². The lowest BCUT2D eigenvalue weighted by molar-refractivity contribution is 0.974. The number of hydrogen-bond acceptors (Lipinski definition) is 17. The molecule has 0 atom stereocenters. The van der Waals surface area contributed by atoms with E-state index in [1.807, 2.05) is 334 Å². The van der Waals surface area contributed by atoms with E-state index < -0.39 is 0 Å². The van der Waals surface area contributed by atoms with Crippen LogP contribution in [0, 0.1) is 76.2 Å². The van der Waals surface area contributed by atoms with Crippen molar-refractivity contribution in [3.8, 4) is 0 Å². The first-order valence-electron chi connectivity index (χ1n) is 43.5. The zero-order valence-electron chi connectivity index (χ0n) is 81.0. The summed E-state index contributed by atoms with van der Waals surface area (Å²) in [6.07, 6.45) is 29.0. The van der Waals surface area contributed by atoms with Crippen molar-refractivity contribution >= 4 is 65.4 Å². The van der Waals surface area contributed by atoms with Gasteiger partial charge in [0.05, 0.1) is 38.8 Å². The molecular weight excluding hydrogens is 1510 g/mol. The molecule has 17 heteroatoms. The van der Waals surface area contributed by atoms with Crippen LogP contribution < -0.4 is 0 Å². The zero-order valence-corrected chi connectivity index (χ0v) is 81.0. The van der Waals surface area contributed by atoms with Gasteiger partial charge in [-0.05, 0) is 195 Å². The molecule has 0 unspecified atom stereocenters. The summed E-state index contributed by atoms with van der Waals surface area (Å²) in [5.74, 6) is 1.58. The van der Waals surface area contributed by atoms with Crippen molar-refractivity contribution in [3.63, 3.8) is 0 Å². The van der Waals surface area contributed by atoms with E-state index >= 15 is 0 Å². The molecule has 658 valence electrons. The maximum absolute atomic E-state index is 4.38. The van der Waals surface area contributed by atoms with Crippen molar-refractivity contribution in [2.45, 2.75) is 228 Å². The molecule has 0 amide bonds. The van der Waals surface area contributed by atoms with Gasteiger partial charge in [-0.2, -0.15) is 0 Å². The Labute approximate surface area is 742 Å². The van der Waals surface area contributed by atoms with Crippen LogP contribution in [0.15, 0.2) is 306 Å². The van der Waals surface area contributed by atoms with E-state index in [0.717, 1.165) is 67.4 Å². The summed E-state index contributed by atoms with van der Waals surface area (Å²) in [7, 11) is 0. The number of para-hydroxylation sites is 3. The lowest BCUT2D eigenvalue weighted by Crippen LogP contribution is -1.84. The predicted octanol–water partition coefficient (Wildman–Crippen LogP) is 29.9. The van der Waals surface area contributed by atoms with Crippen LogP contribution in [0.25, 0.3) is 65.4 Å². The number of benzene rings is 6. The Kier molecular flexibility index (Phi) is 81.2. The number of nitrogens with zero attached hydrogens (tertiary/aromatic N) is 17. The average molecular weight is 1660 g/mol. The highest BCUT2D eigenvalue weighted by Gasteiger charge is 1.98. The first kappa shape index (κ1) is 119. The van der Waals surface area contributed by atoms with Gasteiger partial charge in [0.15, 0.2) is 0 Å². The van der Waals surface area contributed by atoms with Gasteiger partial charge in [-0.1, -0.05) is 267 Å². The van der Waals surface area contributed by atoms with Gasteiger partial charge < -0.3 is 0 Å². The molecule has 0 aliphatic heterocycles. The largest absolute Gasteiger partial charge is 0.261 e. The maximum Gasteiger partial charge on any atom is 0.128 e. The lowest BCUT2D eigenvalue weighted by Gasteiger charge is -1.97. The van der Waals surface area contributed by atoms with Gasteiger partial charge in [0.25, 0.3) is 0 Å². The number of aryl methyl sites for hydroxylation is 11. The Morgan fingerprint density at radius 1 is 0.179 bits per heavy atom. The summed E-state index contributed by atoms with van der Waals surface area (Å²) >= 11 is 0. The van der Waals surface area contributed by atoms with Gasteiger partial charge in [0, 0.05) is 124 Å². The zero-order chi connectivity index (χ0) is 93.7. The summed E-state index contributed by atoms with van der Waals surface area (Å²) in [5.41, 5.74) is 16.9. The molecule has 11 aromatic heterocycles. The topological polar surface area (TPSA) is 219 Å². The average Bonchev–Trinajstić information content (AvgIpc) is 0.792. The third-order valence-electron chi connectivity index (χ3n) is 14.1. The SMILES string of the molecule is CC.CC.CC.CC.CC.CC.CC.CC.CC.CC.CC.Cc1ccc2ccccc2n1.Cc1ccc2cccnc2c1.Cc1ccc2ncccc2c1.Cc1cccc2ncccc12.Cc1ccnc2ccccc12.Cc1ccncn1.Cc1cnc2ccccc2c1.Cc1cnccn1.Cc1cncnc1.Cc1ncccn1.Cc1ncncn1. The van der Waals surface area contributed by atoms with E-state index in [0.29, 0.717) is 0 Å². The van der Waals surface area contributed by atoms with Crippen molar-refractivity contribution in [1.29, 1.82) is 0 Å². The second kappa shape index (κ2) is 84.1. The minimum atomic E-state index is 0.759. The van der Waals surface area contributed by atoms with E-state index in [2.05, 4.69) is 204 Å². The second-order valence-electron chi connectivity index (χ2n) is 22.6. The van der Waals surface area contributed by atoms with Crippen molar-refractivity contribution in [1.82, 2.24) is 84.7 Å². The normalized spacial score (nSPS) is 8.53. The quantitative estimate of drug-likeness (QED) is 0.138. The van der Waals surface area contributed by atoms with Gasteiger partial charge in [0.1, 0.15) is 37.0 Å². The van der Waals surface area contributed by atoms with Crippen molar-refractivity contribution < 1.29 is 0 Å². The minimum absolute atomic E-state index is 0.759. The van der Waals surface area contributed by atoms with Crippen LogP contribution in [-0.4, -0.2) is 84.7 Å². The van der Waals surface area contributed by atoms with E-state index in [4.69, 9.17) is 0 Å². The summed E-state index contributed by atoms with van der Waals surface area (Å²) < 4.78 is 0. The molecule has 0 bridgehead atoms. The minimum Gasteiger partial charge on any atom is -0.261 e. The van der Waals surface area contributed by atoms with Crippen LogP contribution in [-0.2, 0) is 0 Å². The summed E-state index contributed by atoms with van der Waals surface area (Å²) in [6.45, 7) is 65.9. The second-order valence-corrected chi connectivity index (χ2v) is 22.6. The molecule has 123 heavy (non-hydrogen) atoms. The molecule has 17 rings (SSSR count). The van der Waals surface area contributed by atoms with Crippen LogP contribution in [0.5, 0.6) is 0 Å². The first-order valence-corrected chi connectivity index (χ1v) is 43.5. The molecule has 17 aromatic rings. The Balaban J connectivity index is -0.000000407. The van der Waals surface area contributed by atoms with Crippen LogP contribution in [0.1, 0.15) is 214 Å². The molecule has 0 saturated heterocycles. The molecule has 17 nitrogen and oxygen atoms in total. The number of rotatable bonds is 0. The predicted molar refractivity (Wildman–Crippen MR) is 535 cm³/mol. The molecule has 6 aromatic carbocycles. The standard InChI is InChI=1S/6C10H9N.4C5H6N2.C4H5N3.11C2H6/c1-8-4-2-6-10-9(8)5-3-7-11-10;1-8-4-5-10-9(7-8)3-2-6-11-10;1-8-4-5-9-3-2-6-11-10(9)7-8;1-8-6-9-4-2-3-5-10(9)11-7-8;1-8-6-7-11-10-5-3-2-4-9(8)10;1-8-6-7-9-4-2-3-5-10(9)11-8;1-5-2-6-4-7-3-5;1-5-4-6-2-3-7-5;1-5-2-3-6-4-7-5;1-5-6-3-2-4-7-5;1-4-6-2-5-3-7-4;11*1-2/h6*2-7H,1H3;4*2-4H,1H3;2-3H,1H3;11*1-2H3. The van der Waals surface area contributed by atoms with Gasteiger partial charge in [0.2, 0.25) is 0 Å². The number of hydrogen-bond donors (Lipinski definition) is 0. The molecule has 0 saturated carbocycles. The fourth-order valence-electron chi connectivity index (χ4n) is 8.99. The Morgan fingerprint density at radius 2 is 0.602 bits per heavy atom. The highest BCUT2D eigenvalue weighted by molar-refractivity contribution is 5.83. The molecule has 11 heterocycles. The monoisotopic (exact) mass is 1660 g/mol. The van der Waals surface area contributed by atoms with Crippen molar-refractivity contribution in [3.05, 3.63) is 368 Å². The van der Waals surface area contributed by atoms with Gasteiger partial charge >= 0.3 is 0 Å². The Bertz CT molecular complexity index is 4530. The van der Waals surface area contributed by atoms with Gasteiger partial charge in [-0.3, -0.25) is 39.9 Å². The molecule has 0 N–H and O–H groups in total. The summed E-state index contributed by atoms with van der Waals surface area (Å²) in [5, 5.41) is 7.33. The first-order chi connectivity index (χ1) is 60.2. The Morgan fingerprint density at radius 3 is 1.09 bits per heavy atom. The highest BCUT2D eigenvalue weighted by Crippen LogP contribution is 2.18. The number of fused-ring (bicyclic) bond motifs is 6. The molecule has 0 aliphatic rings. The summed E-state index contributed by atoms with van der Waals surface area (Å²) in [6, 6.07) is 67.2. The fourth-order valence-corrected chi connectivity index (χ4v) is 8.99. The third-order valence-corrected chi connectivity index (χ3v) is 14.1. The van der Waals surface area contributed by atoms with Crippen LogP contribution in [0.2, 0.25) is 0 Å². The van der Waals surface area contributed by atoms with E-state index in [-0.39, 0.29) is 0 Å². The lowest BCUT2D eigenvalue weighted by atomic mass is 10.1. The Hall–Kier alpha value is -12.9. The molecule has 0 radical (unpaired) electrons. The van der Waals surface area contributed by atoms with Crippen molar-refractivity contribution in [2.24, 2.45) is 0 Å². The van der Waals surface area contributed by atoms with Crippen molar-refractivity contribution in [2.75, 3.05) is 0 Å². The molecular formula is C106H149N17. The molecule has 0 aliphatic carbocycles. The van der Waals surface area contributed by atoms with E-state index in [1.165, 1.54) is 85.4 Å². The maximum atomic E-state index is 4.38. The molecule has 0 spiro atoms. The highest BCUT2D eigenvalue weighted by atomic mass is 15.0. The smallest absolute Gasteiger partial charge is 0.128 e. The van der Waals surface area contributed by atoms with Gasteiger partial charge in [-0.15, -0.1) is 0 Å². The van der Waals surface area contributed by atoms with Crippen LogP contribution in [0.4, 0.5) is 0 Å². The van der Waals surface area contributed by atoms with Crippen LogP contribution >= 0.6 is 0 Å². The van der Waals surface area contributed by atoms with E-state index in [1.54, 1.807) is 55.6 Å². The fraction of sp³-hybridized carbons (Fsp3) is 0.311. The molecule has 0 fully saturated rings. The van der Waals surface area contributed by atoms with E-state index in [9.17, 15) is 0 Å². The summed E-state index contributed by atoms with van der Waals surface area (Å²) in [4.78, 5) is 67.4. The number of aromatic nitrogens is 17. The number of pyridine rings is 6.